The minimum Gasteiger partial charge on any atom is -0.480 e. The van der Waals surface area contributed by atoms with Gasteiger partial charge in [-0.2, -0.15) is 5.26 Å². The van der Waals surface area contributed by atoms with Crippen LogP contribution in [0.25, 0.3) is 0 Å². The third-order valence-electron chi connectivity index (χ3n) is 4.90. The van der Waals surface area contributed by atoms with E-state index in [9.17, 15) is 23.6 Å². The summed E-state index contributed by atoms with van der Waals surface area (Å²) in [6.45, 7) is 0.0261. The van der Waals surface area contributed by atoms with Gasteiger partial charge in [-0.25, -0.2) is 8.42 Å². The number of carboxylic acid groups (broad SMARTS) is 1. The van der Waals surface area contributed by atoms with Crippen LogP contribution in [0, 0.1) is 16.7 Å². The van der Waals surface area contributed by atoms with Gasteiger partial charge in [-0.05, 0) is 42.0 Å². The summed E-state index contributed by atoms with van der Waals surface area (Å²) in [7, 11) is -4.09. The third kappa shape index (κ3) is 2.46. The molecule has 0 unspecified atom stereocenters. The summed E-state index contributed by atoms with van der Waals surface area (Å²) >= 11 is 5.80. The Balaban J connectivity index is 1.82. The van der Waals surface area contributed by atoms with Gasteiger partial charge in [0.15, 0.2) is 26.8 Å². The molecule has 0 radical (unpaired) electrons. The number of aliphatic carboxylic acids is 1. The SMILES string of the molecule is N#C[C@]1(C(=O)O)[C@H](c2ccc3c(c2)OCO3)[C@H]1S(=O)(=O)c1ccc(Cl)cc1. The van der Waals surface area contributed by atoms with Gasteiger partial charge in [0, 0.05) is 10.9 Å². The zero-order valence-electron chi connectivity index (χ0n) is 13.6. The molecule has 0 amide bonds. The molecule has 0 spiro atoms. The monoisotopic (exact) mass is 405 g/mol. The summed E-state index contributed by atoms with van der Waals surface area (Å²) in [5.74, 6) is -1.64. The molecule has 0 aromatic heterocycles. The van der Waals surface area contributed by atoms with Crippen molar-refractivity contribution in [2.75, 3.05) is 6.79 Å². The van der Waals surface area contributed by atoms with E-state index in [1.165, 1.54) is 30.3 Å². The number of halogens is 1. The van der Waals surface area contributed by atoms with E-state index in [0.29, 0.717) is 22.1 Å². The van der Waals surface area contributed by atoms with Crippen molar-refractivity contribution in [1.82, 2.24) is 0 Å². The second kappa shape index (κ2) is 5.87. The van der Waals surface area contributed by atoms with E-state index in [1.54, 1.807) is 18.2 Å². The molecule has 9 heteroatoms. The second-order valence-corrected chi connectivity index (χ2v) is 8.80. The normalized spacial score (nSPS) is 25.6. The Hall–Kier alpha value is -2.76. The van der Waals surface area contributed by atoms with Crippen molar-refractivity contribution in [3.05, 3.63) is 53.1 Å². The van der Waals surface area contributed by atoms with Crippen LogP contribution in [0.4, 0.5) is 0 Å². The molecule has 3 atom stereocenters. The van der Waals surface area contributed by atoms with Crippen LogP contribution in [0.1, 0.15) is 11.5 Å². The molecule has 27 heavy (non-hydrogen) atoms. The number of hydrogen-bond acceptors (Lipinski definition) is 6. The average Bonchev–Trinajstić information content (AvgIpc) is 3.15. The predicted octanol–water partition coefficient (Wildman–Crippen LogP) is 2.60. The lowest BCUT2D eigenvalue weighted by Gasteiger charge is -2.05. The smallest absolute Gasteiger partial charge is 0.326 e. The van der Waals surface area contributed by atoms with Gasteiger partial charge in [-0.1, -0.05) is 17.7 Å². The number of carbonyl (C=O) groups is 1. The Labute approximate surface area is 159 Å². The highest BCUT2D eigenvalue weighted by Gasteiger charge is 2.77. The molecule has 0 saturated heterocycles. The van der Waals surface area contributed by atoms with Crippen molar-refractivity contribution in [2.45, 2.75) is 16.1 Å². The first-order valence-electron chi connectivity index (χ1n) is 7.86. The standard InChI is InChI=1S/C18H12ClNO6S/c19-11-2-4-12(5-3-11)27(23,24)16-15(18(16,8-20)17(21)22)10-1-6-13-14(7-10)26-9-25-13/h1-7,15-16H,9H2,(H,21,22)/t15-,16-,18+/m1/s1. The molecular weight excluding hydrogens is 394 g/mol. The van der Waals surface area contributed by atoms with Crippen molar-refractivity contribution < 1.29 is 27.8 Å². The molecule has 2 aromatic rings. The van der Waals surface area contributed by atoms with Crippen LogP contribution in [0.3, 0.4) is 0 Å². The molecule has 7 nitrogen and oxygen atoms in total. The van der Waals surface area contributed by atoms with E-state index in [4.69, 9.17) is 21.1 Å². The number of hydrogen-bond donors (Lipinski definition) is 1. The van der Waals surface area contributed by atoms with Gasteiger partial charge in [-0.15, -0.1) is 0 Å². The average molecular weight is 406 g/mol. The van der Waals surface area contributed by atoms with Gasteiger partial charge in [-0.3, -0.25) is 4.79 Å². The van der Waals surface area contributed by atoms with Gasteiger partial charge in [0.25, 0.3) is 0 Å². The van der Waals surface area contributed by atoms with Crippen LogP contribution < -0.4 is 9.47 Å². The third-order valence-corrected chi connectivity index (χ3v) is 7.40. The number of rotatable bonds is 4. The van der Waals surface area contributed by atoms with Crippen molar-refractivity contribution in [1.29, 1.82) is 5.26 Å². The molecule has 138 valence electrons. The van der Waals surface area contributed by atoms with Crippen LogP contribution in [0.15, 0.2) is 47.4 Å². The quantitative estimate of drug-likeness (QED) is 0.831. The first kappa shape index (κ1) is 17.6. The van der Waals surface area contributed by atoms with Crippen molar-refractivity contribution in [3.8, 4) is 17.6 Å². The first-order chi connectivity index (χ1) is 12.8. The number of fused-ring (bicyclic) bond motifs is 1. The Bertz CT molecular complexity index is 1090. The number of nitriles is 1. The molecule has 2 aliphatic rings. The van der Waals surface area contributed by atoms with Gasteiger partial charge < -0.3 is 14.6 Å². The molecule has 0 bridgehead atoms. The summed E-state index contributed by atoms with van der Waals surface area (Å²) in [6.07, 6.45) is 0. The number of benzene rings is 2. The van der Waals surface area contributed by atoms with E-state index in [-0.39, 0.29) is 11.7 Å². The van der Waals surface area contributed by atoms with Gasteiger partial charge in [0.05, 0.1) is 11.0 Å². The maximum absolute atomic E-state index is 13.1. The number of ether oxygens (including phenoxy) is 2. The molecular formula is C18H12ClNO6S. The Morgan fingerprint density at radius 2 is 1.85 bits per heavy atom. The molecule has 1 fully saturated rings. The lowest BCUT2D eigenvalue weighted by molar-refractivity contribution is -0.141. The van der Waals surface area contributed by atoms with E-state index in [1.807, 2.05) is 0 Å². The summed E-state index contributed by atoms with van der Waals surface area (Å²) < 4.78 is 36.7. The molecule has 1 N–H and O–H groups in total. The topological polar surface area (TPSA) is 114 Å². The number of sulfone groups is 1. The first-order valence-corrected chi connectivity index (χ1v) is 9.78. The minimum atomic E-state index is -4.09. The fourth-order valence-corrected chi connectivity index (χ4v) is 5.91. The summed E-state index contributed by atoms with van der Waals surface area (Å²) in [5.41, 5.74) is -1.68. The Kier molecular flexibility index (Phi) is 3.84. The Morgan fingerprint density at radius 3 is 2.48 bits per heavy atom. The van der Waals surface area contributed by atoms with Gasteiger partial charge in [0.2, 0.25) is 6.79 Å². The number of nitrogens with zero attached hydrogens (tertiary/aromatic N) is 1. The van der Waals surface area contributed by atoms with Crippen molar-refractivity contribution >= 4 is 27.4 Å². The Morgan fingerprint density at radius 1 is 1.19 bits per heavy atom. The van der Waals surface area contributed by atoms with E-state index >= 15 is 0 Å². The van der Waals surface area contributed by atoms with Crippen LogP contribution >= 0.6 is 11.6 Å². The molecule has 1 aliphatic carbocycles. The van der Waals surface area contributed by atoms with Crippen LogP contribution in [0.2, 0.25) is 5.02 Å². The molecule has 1 saturated carbocycles. The van der Waals surface area contributed by atoms with Crippen molar-refractivity contribution in [3.63, 3.8) is 0 Å². The maximum Gasteiger partial charge on any atom is 0.326 e. The summed E-state index contributed by atoms with van der Waals surface area (Å²) in [6, 6.07) is 11.8. The molecule has 1 heterocycles. The lowest BCUT2D eigenvalue weighted by Crippen LogP contribution is -2.22. The molecule has 2 aromatic carbocycles. The zero-order valence-corrected chi connectivity index (χ0v) is 15.2. The van der Waals surface area contributed by atoms with Crippen LogP contribution in [-0.4, -0.2) is 31.5 Å². The van der Waals surface area contributed by atoms with E-state index in [2.05, 4.69) is 0 Å². The van der Waals surface area contributed by atoms with Gasteiger partial charge in [0.1, 0.15) is 5.25 Å². The van der Waals surface area contributed by atoms with Gasteiger partial charge >= 0.3 is 5.97 Å². The number of carboxylic acids is 1. The largest absolute Gasteiger partial charge is 0.480 e. The summed E-state index contributed by atoms with van der Waals surface area (Å²) in [4.78, 5) is 11.8. The fourth-order valence-electron chi connectivity index (χ4n) is 3.53. The van der Waals surface area contributed by atoms with Crippen LogP contribution in [0.5, 0.6) is 11.5 Å². The molecule has 4 rings (SSSR count). The second-order valence-electron chi connectivity index (χ2n) is 6.30. The lowest BCUT2D eigenvalue weighted by atomic mass is 10.0. The highest BCUT2D eigenvalue weighted by atomic mass is 35.5. The van der Waals surface area contributed by atoms with Crippen LogP contribution in [-0.2, 0) is 14.6 Å². The highest BCUT2D eigenvalue weighted by molar-refractivity contribution is 7.92. The fraction of sp³-hybridized carbons (Fsp3) is 0.222. The minimum absolute atomic E-state index is 0.0261. The molecule has 1 aliphatic heterocycles. The summed E-state index contributed by atoms with van der Waals surface area (Å²) in [5, 5.41) is 18.2. The van der Waals surface area contributed by atoms with E-state index in [0.717, 1.165) is 0 Å². The zero-order chi connectivity index (χ0) is 19.4. The maximum atomic E-state index is 13.1. The van der Waals surface area contributed by atoms with E-state index < -0.39 is 32.4 Å². The predicted molar refractivity (Wildman–Crippen MR) is 93.4 cm³/mol. The highest BCUT2D eigenvalue weighted by Crippen LogP contribution is 2.64. The van der Waals surface area contributed by atoms with Crippen molar-refractivity contribution in [2.24, 2.45) is 5.41 Å².